The molecule has 0 radical (unpaired) electrons. The van der Waals surface area contributed by atoms with Crippen molar-refractivity contribution in [2.24, 2.45) is 0 Å². The molecule has 0 aliphatic rings. The minimum Gasteiger partial charge on any atom is -0.348 e. The van der Waals surface area contributed by atoms with E-state index >= 15 is 0 Å². The van der Waals surface area contributed by atoms with Crippen LogP contribution in [0.1, 0.15) is 18.5 Å². The lowest BCUT2D eigenvalue weighted by atomic mass is 10.1. The maximum atomic E-state index is 13.3. The van der Waals surface area contributed by atoms with Gasteiger partial charge < -0.3 is 5.32 Å². The summed E-state index contributed by atoms with van der Waals surface area (Å²) < 4.78 is 40.6. The SMILES string of the molecule is CC(NC(=O)Cn1cnc2ccc(F)cc2c1=O)c1ccc(F)c(F)c1. The number of amides is 1. The van der Waals surface area contributed by atoms with E-state index in [1.165, 1.54) is 24.5 Å². The second kappa shape index (κ2) is 6.99. The summed E-state index contributed by atoms with van der Waals surface area (Å²) in [5.41, 5.74) is 0.150. The fourth-order valence-corrected chi connectivity index (χ4v) is 2.55. The number of rotatable bonds is 4. The van der Waals surface area contributed by atoms with E-state index in [9.17, 15) is 22.8 Å². The van der Waals surface area contributed by atoms with Gasteiger partial charge in [-0.25, -0.2) is 18.2 Å². The quantitative estimate of drug-likeness (QED) is 0.777. The van der Waals surface area contributed by atoms with E-state index in [4.69, 9.17) is 0 Å². The first-order valence-electron chi connectivity index (χ1n) is 7.74. The molecule has 0 aliphatic carbocycles. The van der Waals surface area contributed by atoms with Crippen molar-refractivity contribution in [2.75, 3.05) is 0 Å². The van der Waals surface area contributed by atoms with Crippen molar-refractivity contribution >= 4 is 16.8 Å². The largest absolute Gasteiger partial charge is 0.348 e. The molecule has 1 heterocycles. The molecule has 3 aromatic rings. The number of nitrogens with zero attached hydrogens (tertiary/aromatic N) is 2. The summed E-state index contributed by atoms with van der Waals surface area (Å²) >= 11 is 0. The average Bonchev–Trinajstić information content (AvgIpc) is 2.60. The molecule has 5 nitrogen and oxygen atoms in total. The Balaban J connectivity index is 1.77. The second-order valence-electron chi connectivity index (χ2n) is 5.80. The van der Waals surface area contributed by atoms with Crippen LogP contribution in [0.5, 0.6) is 0 Å². The maximum absolute atomic E-state index is 13.3. The van der Waals surface area contributed by atoms with Crippen LogP contribution in [-0.4, -0.2) is 15.5 Å². The highest BCUT2D eigenvalue weighted by molar-refractivity contribution is 5.79. The van der Waals surface area contributed by atoms with Gasteiger partial charge >= 0.3 is 0 Å². The van der Waals surface area contributed by atoms with Crippen LogP contribution < -0.4 is 10.9 Å². The van der Waals surface area contributed by atoms with E-state index in [2.05, 4.69) is 10.3 Å². The van der Waals surface area contributed by atoms with Gasteiger partial charge in [-0.05, 0) is 42.8 Å². The predicted octanol–water partition coefficient (Wildman–Crippen LogP) is 2.69. The predicted molar refractivity (Wildman–Crippen MR) is 88.9 cm³/mol. The third kappa shape index (κ3) is 3.58. The number of fused-ring (bicyclic) bond motifs is 1. The van der Waals surface area contributed by atoms with Crippen molar-refractivity contribution in [2.45, 2.75) is 19.5 Å². The molecule has 0 saturated carbocycles. The first-order chi connectivity index (χ1) is 12.3. The molecule has 2 aromatic carbocycles. The summed E-state index contributed by atoms with van der Waals surface area (Å²) in [5.74, 6) is -3.10. The van der Waals surface area contributed by atoms with E-state index in [-0.39, 0.29) is 11.9 Å². The number of halogens is 3. The van der Waals surface area contributed by atoms with Crippen molar-refractivity contribution < 1.29 is 18.0 Å². The molecule has 1 amide bonds. The van der Waals surface area contributed by atoms with E-state index in [1.54, 1.807) is 6.92 Å². The van der Waals surface area contributed by atoms with Gasteiger partial charge in [-0.1, -0.05) is 6.07 Å². The Morgan fingerprint density at radius 2 is 1.92 bits per heavy atom. The minimum absolute atomic E-state index is 0.0638. The van der Waals surface area contributed by atoms with Crippen molar-refractivity contribution in [1.82, 2.24) is 14.9 Å². The standard InChI is InChI=1S/C18H14F3N3O2/c1-10(11-2-4-14(20)15(21)6-11)23-17(25)8-24-9-22-16-5-3-12(19)7-13(16)18(24)26/h2-7,9-10H,8H2,1H3,(H,23,25). The number of benzene rings is 2. The molecule has 0 aliphatic heterocycles. The molecule has 1 N–H and O–H groups in total. The van der Waals surface area contributed by atoms with E-state index in [0.29, 0.717) is 11.1 Å². The Hall–Kier alpha value is -3.16. The van der Waals surface area contributed by atoms with Crippen LogP contribution in [0.15, 0.2) is 47.5 Å². The normalized spacial score (nSPS) is 12.2. The summed E-state index contributed by atoms with van der Waals surface area (Å²) in [7, 11) is 0. The third-order valence-corrected chi connectivity index (χ3v) is 3.92. The maximum Gasteiger partial charge on any atom is 0.261 e. The highest BCUT2D eigenvalue weighted by Crippen LogP contribution is 2.16. The molecule has 0 saturated heterocycles. The van der Waals surface area contributed by atoms with Crippen LogP contribution in [-0.2, 0) is 11.3 Å². The van der Waals surface area contributed by atoms with Gasteiger partial charge in [0.25, 0.3) is 5.56 Å². The molecule has 0 spiro atoms. The van der Waals surface area contributed by atoms with Crippen LogP contribution in [0.2, 0.25) is 0 Å². The fourth-order valence-electron chi connectivity index (χ4n) is 2.55. The summed E-state index contributed by atoms with van der Waals surface area (Å²) in [5, 5.41) is 2.65. The first kappa shape index (κ1) is 17.7. The highest BCUT2D eigenvalue weighted by Gasteiger charge is 2.14. The zero-order valence-corrected chi connectivity index (χ0v) is 13.7. The van der Waals surface area contributed by atoms with Crippen molar-refractivity contribution in [3.8, 4) is 0 Å². The number of nitrogens with one attached hydrogen (secondary N) is 1. The van der Waals surface area contributed by atoms with Gasteiger partial charge in [-0.3, -0.25) is 14.2 Å². The molecule has 3 rings (SSSR count). The molecular weight excluding hydrogens is 347 g/mol. The number of carbonyl (C=O) groups is 1. The van der Waals surface area contributed by atoms with E-state index < -0.39 is 35.0 Å². The topological polar surface area (TPSA) is 64.0 Å². The Morgan fingerprint density at radius 1 is 1.15 bits per heavy atom. The van der Waals surface area contributed by atoms with Gasteiger partial charge in [0.2, 0.25) is 5.91 Å². The van der Waals surface area contributed by atoms with Crippen molar-refractivity contribution in [1.29, 1.82) is 0 Å². The molecule has 134 valence electrons. The molecule has 1 aromatic heterocycles. The Bertz CT molecular complexity index is 1050. The lowest BCUT2D eigenvalue weighted by molar-refractivity contribution is -0.122. The summed E-state index contributed by atoms with van der Waals surface area (Å²) in [6.45, 7) is 1.26. The first-order valence-corrected chi connectivity index (χ1v) is 7.74. The zero-order chi connectivity index (χ0) is 18.8. The van der Waals surface area contributed by atoms with Gasteiger partial charge in [0.1, 0.15) is 12.4 Å². The van der Waals surface area contributed by atoms with Crippen LogP contribution in [0, 0.1) is 17.5 Å². The number of hydrogen-bond acceptors (Lipinski definition) is 3. The lowest BCUT2D eigenvalue weighted by Crippen LogP contribution is -2.34. The molecule has 0 fully saturated rings. The number of carbonyl (C=O) groups excluding carboxylic acids is 1. The molecule has 0 bridgehead atoms. The Morgan fingerprint density at radius 3 is 2.65 bits per heavy atom. The second-order valence-corrected chi connectivity index (χ2v) is 5.80. The molecule has 26 heavy (non-hydrogen) atoms. The molecule has 1 unspecified atom stereocenters. The molecule has 1 atom stereocenters. The van der Waals surface area contributed by atoms with Crippen LogP contribution >= 0.6 is 0 Å². The molecule has 8 heteroatoms. The third-order valence-electron chi connectivity index (χ3n) is 3.92. The summed E-state index contributed by atoms with van der Waals surface area (Å²) in [4.78, 5) is 28.5. The van der Waals surface area contributed by atoms with Crippen LogP contribution in [0.3, 0.4) is 0 Å². The van der Waals surface area contributed by atoms with Crippen molar-refractivity contribution in [3.05, 3.63) is 76.1 Å². The number of hydrogen-bond donors (Lipinski definition) is 1. The summed E-state index contributed by atoms with van der Waals surface area (Å²) in [6.07, 6.45) is 1.20. The van der Waals surface area contributed by atoms with Gasteiger partial charge in [-0.15, -0.1) is 0 Å². The van der Waals surface area contributed by atoms with Gasteiger partial charge in [0, 0.05) is 0 Å². The average molecular weight is 361 g/mol. The number of aromatic nitrogens is 2. The Kier molecular flexibility index (Phi) is 4.75. The van der Waals surface area contributed by atoms with Gasteiger partial charge in [-0.2, -0.15) is 0 Å². The summed E-state index contributed by atoms with van der Waals surface area (Å²) in [6, 6.07) is 6.35. The van der Waals surface area contributed by atoms with Crippen LogP contribution in [0.4, 0.5) is 13.2 Å². The monoisotopic (exact) mass is 361 g/mol. The van der Waals surface area contributed by atoms with Gasteiger partial charge in [0.05, 0.1) is 23.3 Å². The van der Waals surface area contributed by atoms with E-state index in [0.717, 1.165) is 22.8 Å². The molecular formula is C18H14F3N3O2. The van der Waals surface area contributed by atoms with Gasteiger partial charge in [0.15, 0.2) is 11.6 Å². The Labute approximate surface area is 146 Å². The van der Waals surface area contributed by atoms with E-state index in [1.807, 2.05) is 0 Å². The highest BCUT2D eigenvalue weighted by atomic mass is 19.2. The van der Waals surface area contributed by atoms with Crippen LogP contribution in [0.25, 0.3) is 10.9 Å². The minimum atomic E-state index is -1.01. The smallest absolute Gasteiger partial charge is 0.261 e. The fraction of sp³-hybridized carbons (Fsp3) is 0.167. The van der Waals surface area contributed by atoms with Crippen molar-refractivity contribution in [3.63, 3.8) is 0 Å². The zero-order valence-electron chi connectivity index (χ0n) is 13.7. The lowest BCUT2D eigenvalue weighted by Gasteiger charge is -2.15.